The molecule has 0 heterocycles. The Morgan fingerprint density at radius 2 is 2.09 bits per heavy atom. The van der Waals surface area contributed by atoms with Gasteiger partial charge in [0.15, 0.2) is 0 Å². The quantitative estimate of drug-likeness (QED) is 0.725. The van der Waals surface area contributed by atoms with Crippen molar-refractivity contribution in [1.82, 2.24) is 5.32 Å². The molecule has 2 nitrogen and oxygen atoms in total. The molecule has 0 aliphatic heterocycles. The lowest BCUT2D eigenvalue weighted by Gasteiger charge is -2.24. The van der Waals surface area contributed by atoms with Gasteiger partial charge in [-0.3, -0.25) is 4.79 Å². The highest BCUT2D eigenvalue weighted by atomic mass is 79.9. The third kappa shape index (κ3) is 5.24. The Hall–Kier alpha value is -0.0500. The van der Waals surface area contributed by atoms with E-state index in [1.165, 1.54) is 0 Å². The van der Waals surface area contributed by atoms with Crippen LogP contribution in [0.3, 0.4) is 0 Å². The van der Waals surface area contributed by atoms with Gasteiger partial charge in [-0.2, -0.15) is 0 Å². The van der Waals surface area contributed by atoms with Gasteiger partial charge >= 0.3 is 0 Å². The summed E-state index contributed by atoms with van der Waals surface area (Å²) in [5.41, 5.74) is -0.0563. The lowest BCUT2D eigenvalue weighted by atomic mass is 10.0. The van der Waals surface area contributed by atoms with Crippen molar-refractivity contribution in [2.24, 2.45) is 0 Å². The third-order valence-electron chi connectivity index (χ3n) is 1.68. The van der Waals surface area contributed by atoms with Gasteiger partial charge in [0.05, 0.1) is 0 Å². The SMILES string of the molecule is CCC(C)(C)NC(=O)CCBr. The first kappa shape index (κ1) is 11.0. The molecule has 0 radical (unpaired) electrons. The average molecular weight is 222 g/mol. The van der Waals surface area contributed by atoms with Gasteiger partial charge in [0.25, 0.3) is 0 Å². The van der Waals surface area contributed by atoms with E-state index in [4.69, 9.17) is 0 Å². The molecule has 0 atom stereocenters. The summed E-state index contributed by atoms with van der Waals surface area (Å²) in [6, 6.07) is 0. The highest BCUT2D eigenvalue weighted by Gasteiger charge is 2.16. The fourth-order valence-corrected chi connectivity index (χ4v) is 0.974. The van der Waals surface area contributed by atoms with Crippen molar-refractivity contribution >= 4 is 21.8 Å². The molecule has 0 rings (SSSR count). The molecule has 0 aromatic carbocycles. The molecule has 1 amide bonds. The smallest absolute Gasteiger partial charge is 0.221 e. The Bertz CT molecular complexity index is 134. The van der Waals surface area contributed by atoms with Gasteiger partial charge in [0.1, 0.15) is 0 Å². The van der Waals surface area contributed by atoms with Crippen molar-refractivity contribution in [2.75, 3.05) is 5.33 Å². The lowest BCUT2D eigenvalue weighted by Crippen LogP contribution is -2.42. The molecule has 11 heavy (non-hydrogen) atoms. The van der Waals surface area contributed by atoms with Crippen LogP contribution in [-0.4, -0.2) is 16.8 Å². The molecule has 0 aromatic rings. The molecule has 0 saturated carbocycles. The van der Waals surface area contributed by atoms with Gasteiger partial charge < -0.3 is 5.32 Å². The van der Waals surface area contributed by atoms with Crippen LogP contribution in [0, 0.1) is 0 Å². The summed E-state index contributed by atoms with van der Waals surface area (Å²) >= 11 is 3.22. The molecule has 0 spiro atoms. The maximum Gasteiger partial charge on any atom is 0.221 e. The zero-order valence-electron chi connectivity index (χ0n) is 7.41. The summed E-state index contributed by atoms with van der Waals surface area (Å²) in [6.07, 6.45) is 1.52. The number of alkyl halides is 1. The molecular formula is C8H16BrNO. The fourth-order valence-electron chi connectivity index (χ4n) is 0.614. The lowest BCUT2D eigenvalue weighted by molar-refractivity contribution is -0.122. The van der Waals surface area contributed by atoms with E-state index in [9.17, 15) is 4.79 Å². The maximum atomic E-state index is 11.1. The molecule has 0 saturated heterocycles. The van der Waals surface area contributed by atoms with E-state index in [0.717, 1.165) is 11.8 Å². The zero-order valence-corrected chi connectivity index (χ0v) is 8.99. The van der Waals surface area contributed by atoms with Gasteiger partial charge in [-0.15, -0.1) is 0 Å². The monoisotopic (exact) mass is 221 g/mol. The number of carbonyl (C=O) groups is 1. The molecule has 66 valence electrons. The minimum Gasteiger partial charge on any atom is -0.351 e. The minimum absolute atomic E-state index is 0.0563. The number of hydrogen-bond acceptors (Lipinski definition) is 1. The molecule has 0 fully saturated rings. The van der Waals surface area contributed by atoms with E-state index < -0.39 is 0 Å². The van der Waals surface area contributed by atoms with Crippen LogP contribution in [-0.2, 0) is 4.79 Å². The second kappa shape index (κ2) is 4.75. The molecule has 3 heteroatoms. The van der Waals surface area contributed by atoms with Crippen molar-refractivity contribution < 1.29 is 4.79 Å². The van der Waals surface area contributed by atoms with Crippen LogP contribution in [0.1, 0.15) is 33.6 Å². The van der Waals surface area contributed by atoms with E-state index >= 15 is 0 Å². The van der Waals surface area contributed by atoms with Crippen LogP contribution in [0.2, 0.25) is 0 Å². The first-order chi connectivity index (χ1) is 5.02. The van der Waals surface area contributed by atoms with Crippen LogP contribution in [0.5, 0.6) is 0 Å². The van der Waals surface area contributed by atoms with Crippen LogP contribution in [0.15, 0.2) is 0 Å². The van der Waals surface area contributed by atoms with E-state index in [2.05, 4.69) is 28.2 Å². The molecule has 0 aliphatic rings. The number of amides is 1. The van der Waals surface area contributed by atoms with Gasteiger partial charge in [0, 0.05) is 17.3 Å². The van der Waals surface area contributed by atoms with Crippen LogP contribution >= 0.6 is 15.9 Å². The largest absolute Gasteiger partial charge is 0.351 e. The van der Waals surface area contributed by atoms with E-state index in [1.807, 2.05) is 13.8 Å². The van der Waals surface area contributed by atoms with Crippen LogP contribution in [0.4, 0.5) is 0 Å². The molecule has 1 N–H and O–H groups in total. The summed E-state index contributed by atoms with van der Waals surface area (Å²) in [5, 5.41) is 3.67. The number of nitrogens with one attached hydrogen (secondary N) is 1. The molecule has 0 aliphatic carbocycles. The number of rotatable bonds is 4. The maximum absolute atomic E-state index is 11.1. The summed E-state index contributed by atoms with van der Waals surface area (Å²) in [6.45, 7) is 6.12. The second-order valence-electron chi connectivity index (χ2n) is 3.22. The van der Waals surface area contributed by atoms with Gasteiger partial charge in [0.2, 0.25) is 5.91 Å². The Labute approximate surface area is 76.9 Å². The van der Waals surface area contributed by atoms with Gasteiger partial charge in [-0.1, -0.05) is 22.9 Å². The summed E-state index contributed by atoms with van der Waals surface area (Å²) in [5.74, 6) is 0.119. The summed E-state index contributed by atoms with van der Waals surface area (Å²) in [7, 11) is 0. The van der Waals surface area contributed by atoms with E-state index in [-0.39, 0.29) is 11.4 Å². The Morgan fingerprint density at radius 1 is 1.55 bits per heavy atom. The number of carbonyl (C=O) groups excluding carboxylic acids is 1. The summed E-state index contributed by atoms with van der Waals surface area (Å²) in [4.78, 5) is 11.1. The standard InChI is InChI=1S/C8H16BrNO/c1-4-8(2,3)10-7(11)5-6-9/h4-6H2,1-3H3,(H,10,11). The molecule has 0 unspecified atom stereocenters. The highest BCUT2D eigenvalue weighted by Crippen LogP contribution is 2.06. The Morgan fingerprint density at radius 3 is 2.45 bits per heavy atom. The van der Waals surface area contributed by atoms with Crippen molar-refractivity contribution in [2.45, 2.75) is 39.2 Å². The van der Waals surface area contributed by atoms with Gasteiger partial charge in [-0.05, 0) is 20.3 Å². The Kier molecular flexibility index (Phi) is 4.73. The van der Waals surface area contributed by atoms with E-state index in [1.54, 1.807) is 0 Å². The number of hydrogen-bond donors (Lipinski definition) is 1. The van der Waals surface area contributed by atoms with Crippen LogP contribution in [0.25, 0.3) is 0 Å². The Balaban J connectivity index is 3.74. The van der Waals surface area contributed by atoms with Crippen LogP contribution < -0.4 is 5.32 Å². The topological polar surface area (TPSA) is 29.1 Å². The fraction of sp³-hybridized carbons (Fsp3) is 0.875. The first-order valence-electron chi connectivity index (χ1n) is 3.89. The summed E-state index contributed by atoms with van der Waals surface area (Å²) < 4.78 is 0. The normalized spacial score (nSPS) is 11.3. The third-order valence-corrected chi connectivity index (χ3v) is 2.08. The average Bonchev–Trinajstić information content (AvgIpc) is 1.87. The highest BCUT2D eigenvalue weighted by molar-refractivity contribution is 9.09. The van der Waals surface area contributed by atoms with Crippen molar-refractivity contribution in [3.63, 3.8) is 0 Å². The molecule has 0 aromatic heterocycles. The van der Waals surface area contributed by atoms with Gasteiger partial charge in [-0.25, -0.2) is 0 Å². The minimum atomic E-state index is -0.0563. The molecule has 0 bridgehead atoms. The molecular weight excluding hydrogens is 206 g/mol. The predicted molar refractivity (Wildman–Crippen MR) is 50.9 cm³/mol. The van der Waals surface area contributed by atoms with E-state index in [0.29, 0.717) is 6.42 Å². The van der Waals surface area contributed by atoms with Crippen molar-refractivity contribution in [3.8, 4) is 0 Å². The first-order valence-corrected chi connectivity index (χ1v) is 5.01. The second-order valence-corrected chi connectivity index (χ2v) is 4.02. The predicted octanol–water partition coefficient (Wildman–Crippen LogP) is 2.08. The van der Waals surface area contributed by atoms with Crippen molar-refractivity contribution in [1.29, 1.82) is 0 Å². The van der Waals surface area contributed by atoms with Crippen molar-refractivity contribution in [3.05, 3.63) is 0 Å². The zero-order chi connectivity index (χ0) is 8.91. The number of halogens is 1.